The van der Waals surface area contributed by atoms with Crippen LogP contribution in [0.2, 0.25) is 0 Å². The summed E-state index contributed by atoms with van der Waals surface area (Å²) in [5.41, 5.74) is 1.82. The van der Waals surface area contributed by atoms with Gasteiger partial charge in [-0.05, 0) is 55.8 Å². The van der Waals surface area contributed by atoms with Crippen LogP contribution in [0.15, 0.2) is 77.7 Å². The third-order valence-electron chi connectivity index (χ3n) is 6.14. The van der Waals surface area contributed by atoms with Gasteiger partial charge >= 0.3 is 0 Å². The number of carbonyl (C=O) groups excluding carboxylic acids is 2. The maximum Gasteiger partial charge on any atom is 0.264 e. The molecule has 3 aromatic carbocycles. The Labute approximate surface area is 224 Å². The molecule has 0 bridgehead atoms. The maximum absolute atomic E-state index is 13.9. The zero-order chi connectivity index (χ0) is 27.9. The van der Waals surface area contributed by atoms with Gasteiger partial charge in [-0.25, -0.2) is 8.42 Å². The van der Waals surface area contributed by atoms with E-state index in [1.165, 1.54) is 38.3 Å². The van der Waals surface area contributed by atoms with Crippen molar-refractivity contribution in [1.82, 2.24) is 10.2 Å². The first-order valence-electron chi connectivity index (χ1n) is 12.0. The van der Waals surface area contributed by atoms with E-state index in [1.54, 1.807) is 67.6 Å². The van der Waals surface area contributed by atoms with Crippen molar-refractivity contribution < 1.29 is 27.5 Å². The summed E-state index contributed by atoms with van der Waals surface area (Å²) >= 11 is 0. The molecule has 0 aliphatic heterocycles. The number of amides is 2. The van der Waals surface area contributed by atoms with Gasteiger partial charge in [0, 0.05) is 13.6 Å². The zero-order valence-electron chi connectivity index (χ0n) is 22.2. The molecule has 3 aromatic rings. The second kappa shape index (κ2) is 12.5. The zero-order valence-corrected chi connectivity index (χ0v) is 23.0. The fraction of sp³-hybridized carbons (Fsp3) is 0.286. The highest BCUT2D eigenvalue weighted by Crippen LogP contribution is 2.32. The minimum Gasteiger partial charge on any atom is -0.497 e. The van der Waals surface area contributed by atoms with Crippen LogP contribution in [-0.2, 0) is 26.2 Å². The largest absolute Gasteiger partial charge is 0.497 e. The number of likely N-dealkylation sites (N-methyl/N-ethyl adjacent to an activating group) is 1. The van der Waals surface area contributed by atoms with Gasteiger partial charge in [0.15, 0.2) is 0 Å². The number of para-hydroxylation sites is 2. The number of benzene rings is 3. The Balaban J connectivity index is 2.07. The van der Waals surface area contributed by atoms with E-state index < -0.39 is 28.5 Å². The fourth-order valence-corrected chi connectivity index (χ4v) is 5.37. The van der Waals surface area contributed by atoms with Crippen molar-refractivity contribution in [3.05, 3.63) is 83.9 Å². The number of methoxy groups -OCH3 is 2. The summed E-state index contributed by atoms with van der Waals surface area (Å²) in [6, 6.07) is 19.2. The molecule has 1 N–H and O–H groups in total. The Bertz CT molecular complexity index is 1380. The highest BCUT2D eigenvalue weighted by molar-refractivity contribution is 7.92. The van der Waals surface area contributed by atoms with Crippen molar-refractivity contribution in [2.45, 2.75) is 31.3 Å². The molecule has 0 saturated heterocycles. The maximum atomic E-state index is 13.9. The van der Waals surface area contributed by atoms with E-state index in [4.69, 9.17) is 9.47 Å². The minimum atomic E-state index is -4.18. The summed E-state index contributed by atoms with van der Waals surface area (Å²) in [5.74, 6) is -0.0632. The van der Waals surface area contributed by atoms with Gasteiger partial charge in [-0.3, -0.25) is 13.9 Å². The topological polar surface area (TPSA) is 105 Å². The summed E-state index contributed by atoms with van der Waals surface area (Å²) in [6.45, 7) is 2.96. The van der Waals surface area contributed by atoms with E-state index in [0.717, 1.165) is 15.4 Å². The molecule has 0 aliphatic rings. The molecular formula is C28H33N3O6S. The molecule has 2 amide bonds. The van der Waals surface area contributed by atoms with E-state index in [9.17, 15) is 18.0 Å². The average Bonchev–Trinajstić information content (AvgIpc) is 2.93. The third-order valence-corrected chi connectivity index (χ3v) is 7.92. The first kappa shape index (κ1) is 28.5. The quantitative estimate of drug-likeness (QED) is 0.401. The molecule has 0 aliphatic carbocycles. The number of sulfonamides is 1. The van der Waals surface area contributed by atoms with E-state index in [0.29, 0.717) is 5.75 Å². The van der Waals surface area contributed by atoms with Crippen LogP contribution >= 0.6 is 0 Å². The normalized spacial score (nSPS) is 11.8. The summed E-state index contributed by atoms with van der Waals surface area (Å²) in [6.07, 6.45) is 0. The van der Waals surface area contributed by atoms with Crippen molar-refractivity contribution in [3.8, 4) is 11.5 Å². The monoisotopic (exact) mass is 539 g/mol. The first-order valence-corrected chi connectivity index (χ1v) is 13.4. The van der Waals surface area contributed by atoms with Crippen LogP contribution in [0.4, 0.5) is 5.69 Å². The molecular weight excluding hydrogens is 506 g/mol. The van der Waals surface area contributed by atoms with Crippen molar-refractivity contribution in [2.24, 2.45) is 0 Å². The average molecular weight is 540 g/mol. The van der Waals surface area contributed by atoms with Gasteiger partial charge in [0.2, 0.25) is 11.8 Å². The van der Waals surface area contributed by atoms with E-state index >= 15 is 0 Å². The van der Waals surface area contributed by atoms with Gasteiger partial charge in [0.1, 0.15) is 24.1 Å². The number of rotatable bonds is 11. The molecule has 0 radical (unpaired) electrons. The number of anilines is 1. The Hall–Kier alpha value is -4.05. The van der Waals surface area contributed by atoms with Gasteiger partial charge in [0.25, 0.3) is 10.0 Å². The highest BCUT2D eigenvalue weighted by atomic mass is 32.2. The standard InChI is InChI=1S/C28H33N3O6S/c1-20-13-15-24(16-14-20)38(34,35)31(25-11-6-7-12-26(25)37-5)19-27(32)30(21(2)28(33)29-3)18-22-9-8-10-23(17-22)36-4/h6-17,21H,18-19H2,1-5H3,(H,29,33)/t21-/m0/s1. The van der Waals surface area contributed by atoms with E-state index in [2.05, 4.69) is 5.32 Å². The van der Waals surface area contributed by atoms with Crippen LogP contribution < -0.4 is 19.1 Å². The molecule has 0 aromatic heterocycles. The summed E-state index contributed by atoms with van der Waals surface area (Å²) in [7, 11) is 0.269. The molecule has 0 unspecified atom stereocenters. The number of ether oxygens (including phenoxy) is 2. The predicted molar refractivity (Wildman–Crippen MR) is 146 cm³/mol. The first-order chi connectivity index (χ1) is 18.1. The van der Waals surface area contributed by atoms with Crippen molar-refractivity contribution in [1.29, 1.82) is 0 Å². The third kappa shape index (κ3) is 6.44. The molecule has 1 atom stereocenters. The molecule has 0 spiro atoms. The van der Waals surface area contributed by atoms with Crippen LogP contribution in [0.5, 0.6) is 11.5 Å². The molecule has 9 nitrogen and oxygen atoms in total. The van der Waals surface area contributed by atoms with Crippen LogP contribution in [0.1, 0.15) is 18.1 Å². The predicted octanol–water partition coefficient (Wildman–Crippen LogP) is 3.37. The lowest BCUT2D eigenvalue weighted by Crippen LogP contribution is -2.50. The van der Waals surface area contributed by atoms with Crippen LogP contribution in [0.3, 0.4) is 0 Å². The SMILES string of the molecule is CNC(=O)[C@H](C)N(Cc1cccc(OC)c1)C(=O)CN(c1ccccc1OC)S(=O)(=O)c1ccc(C)cc1. The molecule has 10 heteroatoms. The summed E-state index contributed by atoms with van der Waals surface area (Å²) < 4.78 is 39.5. The van der Waals surface area contributed by atoms with Gasteiger partial charge in [-0.15, -0.1) is 0 Å². The lowest BCUT2D eigenvalue weighted by Gasteiger charge is -2.32. The Morgan fingerprint density at radius 3 is 2.26 bits per heavy atom. The summed E-state index contributed by atoms with van der Waals surface area (Å²) in [5, 5.41) is 2.56. The van der Waals surface area contributed by atoms with Crippen LogP contribution in [-0.4, -0.2) is 59.0 Å². The van der Waals surface area contributed by atoms with E-state index in [1.807, 2.05) is 6.92 Å². The van der Waals surface area contributed by atoms with Gasteiger partial charge in [-0.2, -0.15) is 0 Å². The number of nitrogens with one attached hydrogen (secondary N) is 1. The molecule has 0 heterocycles. The van der Waals surface area contributed by atoms with Crippen molar-refractivity contribution in [3.63, 3.8) is 0 Å². The molecule has 3 rings (SSSR count). The smallest absolute Gasteiger partial charge is 0.264 e. The number of carbonyl (C=O) groups is 2. The lowest BCUT2D eigenvalue weighted by atomic mass is 10.1. The number of hydrogen-bond donors (Lipinski definition) is 1. The van der Waals surface area contributed by atoms with Crippen LogP contribution in [0.25, 0.3) is 0 Å². The molecule has 38 heavy (non-hydrogen) atoms. The second-order valence-corrected chi connectivity index (χ2v) is 10.5. The second-order valence-electron chi connectivity index (χ2n) is 8.66. The van der Waals surface area contributed by atoms with Gasteiger partial charge in [-0.1, -0.05) is 42.0 Å². The summed E-state index contributed by atoms with van der Waals surface area (Å²) in [4.78, 5) is 27.8. The fourth-order valence-electron chi connectivity index (χ4n) is 3.95. The minimum absolute atomic E-state index is 0.0282. The Kier molecular flexibility index (Phi) is 9.35. The van der Waals surface area contributed by atoms with Gasteiger partial charge < -0.3 is 19.7 Å². The number of hydrogen-bond acceptors (Lipinski definition) is 6. The van der Waals surface area contributed by atoms with Gasteiger partial charge in [0.05, 0.1) is 24.8 Å². The van der Waals surface area contributed by atoms with Crippen molar-refractivity contribution >= 4 is 27.5 Å². The number of aryl methyl sites for hydroxylation is 1. The Morgan fingerprint density at radius 2 is 1.63 bits per heavy atom. The molecule has 0 saturated carbocycles. The van der Waals surface area contributed by atoms with Crippen molar-refractivity contribution in [2.75, 3.05) is 32.1 Å². The highest BCUT2D eigenvalue weighted by Gasteiger charge is 2.33. The molecule has 0 fully saturated rings. The van der Waals surface area contributed by atoms with Crippen LogP contribution in [0, 0.1) is 6.92 Å². The number of nitrogens with zero attached hydrogens (tertiary/aromatic N) is 2. The molecule has 202 valence electrons. The Morgan fingerprint density at radius 1 is 0.947 bits per heavy atom. The lowest BCUT2D eigenvalue weighted by molar-refractivity contribution is -0.139. The van der Waals surface area contributed by atoms with E-state index in [-0.39, 0.29) is 28.8 Å².